The lowest BCUT2D eigenvalue weighted by Crippen LogP contribution is -2.43. The molecule has 7 nitrogen and oxygen atoms in total. The predicted octanol–water partition coefficient (Wildman–Crippen LogP) is 4.94. The monoisotopic (exact) mass is 497 g/mol. The minimum absolute atomic E-state index is 0.168. The van der Waals surface area contributed by atoms with Gasteiger partial charge in [0.1, 0.15) is 10.6 Å². The van der Waals surface area contributed by atoms with Crippen molar-refractivity contribution < 1.29 is 13.9 Å². The van der Waals surface area contributed by atoms with Crippen LogP contribution in [0.3, 0.4) is 0 Å². The number of nitrogens with zero attached hydrogens (tertiary/aromatic N) is 3. The Bertz CT molecular complexity index is 1240. The molecule has 176 valence electrons. The molecule has 4 heterocycles. The molecule has 1 aromatic carbocycles. The van der Waals surface area contributed by atoms with E-state index in [-0.39, 0.29) is 17.8 Å². The van der Waals surface area contributed by atoms with Gasteiger partial charge in [-0.25, -0.2) is 9.37 Å². The third kappa shape index (κ3) is 5.41. The van der Waals surface area contributed by atoms with Gasteiger partial charge >= 0.3 is 0 Å². The first-order chi connectivity index (χ1) is 16.5. The molecule has 4 aromatic rings. The summed E-state index contributed by atoms with van der Waals surface area (Å²) in [6, 6.07) is 12.2. The average molecular weight is 498 g/mol. The number of ether oxygens (including phenoxy) is 1. The van der Waals surface area contributed by atoms with E-state index < -0.39 is 0 Å². The number of anilines is 2. The van der Waals surface area contributed by atoms with Gasteiger partial charge in [-0.05, 0) is 37.3 Å². The third-order valence-electron chi connectivity index (χ3n) is 5.51. The number of aromatic nitrogens is 2. The second-order valence-corrected chi connectivity index (χ2v) is 10.2. The summed E-state index contributed by atoms with van der Waals surface area (Å²) in [6.45, 7) is 6.58. The van der Waals surface area contributed by atoms with Crippen molar-refractivity contribution in [3.8, 4) is 11.3 Å². The van der Waals surface area contributed by atoms with Crippen molar-refractivity contribution >= 4 is 48.9 Å². The van der Waals surface area contributed by atoms with E-state index in [9.17, 15) is 9.18 Å². The molecular formula is C24H24FN5O2S2. The first kappa shape index (κ1) is 22.9. The third-order valence-corrected chi connectivity index (χ3v) is 7.63. The first-order valence-corrected chi connectivity index (χ1v) is 12.7. The number of rotatable bonds is 7. The zero-order valence-electron chi connectivity index (χ0n) is 18.6. The zero-order chi connectivity index (χ0) is 23.5. The van der Waals surface area contributed by atoms with Crippen LogP contribution < -0.4 is 10.6 Å². The molecule has 0 saturated carbocycles. The molecule has 3 aromatic heterocycles. The Balaban J connectivity index is 1.16. The minimum Gasteiger partial charge on any atom is -0.376 e. The largest absolute Gasteiger partial charge is 0.376 e. The number of thiophene rings is 1. The summed E-state index contributed by atoms with van der Waals surface area (Å²) in [5.74, 6) is -0.540. The van der Waals surface area contributed by atoms with Crippen LogP contribution in [0.15, 0.2) is 48.7 Å². The molecule has 1 unspecified atom stereocenters. The number of carbonyl (C=O) groups is 1. The Morgan fingerprint density at radius 1 is 1.24 bits per heavy atom. The van der Waals surface area contributed by atoms with Crippen LogP contribution in [0.1, 0.15) is 16.6 Å². The van der Waals surface area contributed by atoms with E-state index in [1.165, 1.54) is 23.6 Å². The average Bonchev–Trinajstić information content (AvgIpc) is 3.39. The highest BCUT2D eigenvalue weighted by atomic mass is 32.1. The fourth-order valence-corrected chi connectivity index (χ4v) is 5.84. The van der Waals surface area contributed by atoms with E-state index in [2.05, 4.69) is 32.4 Å². The number of thiazole rings is 1. The summed E-state index contributed by atoms with van der Waals surface area (Å²) in [7, 11) is 0. The van der Waals surface area contributed by atoms with Crippen LogP contribution in [0.4, 0.5) is 15.2 Å². The number of morpholine rings is 1. The van der Waals surface area contributed by atoms with Gasteiger partial charge in [0.05, 0.1) is 34.2 Å². The molecule has 1 atom stereocenters. The van der Waals surface area contributed by atoms with Crippen LogP contribution in [0.5, 0.6) is 0 Å². The van der Waals surface area contributed by atoms with Crippen LogP contribution >= 0.6 is 22.7 Å². The number of halogens is 1. The second-order valence-electron chi connectivity index (χ2n) is 8.10. The molecule has 1 aliphatic heterocycles. The summed E-state index contributed by atoms with van der Waals surface area (Å²) < 4.78 is 19.6. The fraction of sp³-hybridized carbons (Fsp3) is 0.292. The topological polar surface area (TPSA) is 79.4 Å². The van der Waals surface area contributed by atoms with Crippen molar-refractivity contribution in [2.45, 2.75) is 13.0 Å². The van der Waals surface area contributed by atoms with Crippen LogP contribution in [-0.2, 0) is 4.74 Å². The zero-order valence-corrected chi connectivity index (χ0v) is 20.2. The Morgan fingerprint density at radius 2 is 2.09 bits per heavy atom. The fourth-order valence-electron chi connectivity index (χ4n) is 3.80. The Hall–Kier alpha value is -2.92. The van der Waals surface area contributed by atoms with Crippen LogP contribution in [-0.4, -0.2) is 59.7 Å². The maximum absolute atomic E-state index is 13.1. The minimum atomic E-state index is -0.372. The Kier molecular flexibility index (Phi) is 6.82. The molecule has 10 heteroatoms. The number of carbonyl (C=O) groups excluding carboxylic acids is 1. The molecule has 0 aliphatic carbocycles. The molecule has 1 amide bonds. The van der Waals surface area contributed by atoms with Gasteiger partial charge in [0, 0.05) is 37.4 Å². The van der Waals surface area contributed by atoms with Crippen LogP contribution in [0, 0.1) is 5.82 Å². The van der Waals surface area contributed by atoms with E-state index in [1.54, 1.807) is 17.4 Å². The van der Waals surface area contributed by atoms with E-state index >= 15 is 0 Å². The second kappa shape index (κ2) is 10.1. The van der Waals surface area contributed by atoms with E-state index in [1.807, 2.05) is 30.3 Å². The molecule has 2 N–H and O–H groups in total. The molecule has 0 spiro atoms. The molecule has 1 fully saturated rings. The molecule has 1 saturated heterocycles. The van der Waals surface area contributed by atoms with Gasteiger partial charge in [-0.15, -0.1) is 11.3 Å². The van der Waals surface area contributed by atoms with Crippen molar-refractivity contribution in [2.24, 2.45) is 0 Å². The van der Waals surface area contributed by atoms with Crippen molar-refractivity contribution in [1.82, 2.24) is 14.9 Å². The number of hydrogen-bond acceptors (Lipinski definition) is 8. The standard InChI is InChI=1S/C24H24FN5O2S2/c1-15-14-30(10-11-32-15)9-8-26-24-29-23-21(34-24)12-20(33-23)22(31)28-18-5-2-16(3-6-18)19-7-4-17(25)13-27-19/h2-7,12-13,15H,8-11,14H2,1H3,(H,26,29)(H,28,31). The highest BCUT2D eigenvalue weighted by Crippen LogP contribution is 2.33. The smallest absolute Gasteiger partial charge is 0.265 e. The maximum atomic E-state index is 13.1. The predicted molar refractivity (Wildman–Crippen MR) is 135 cm³/mol. The van der Waals surface area contributed by atoms with Gasteiger partial charge < -0.3 is 15.4 Å². The van der Waals surface area contributed by atoms with Gasteiger partial charge in [0.25, 0.3) is 5.91 Å². The summed E-state index contributed by atoms with van der Waals surface area (Å²) in [5, 5.41) is 7.19. The molecule has 0 bridgehead atoms. The molecule has 1 aliphatic rings. The maximum Gasteiger partial charge on any atom is 0.265 e. The summed E-state index contributed by atoms with van der Waals surface area (Å²) in [4.78, 5) is 25.3. The van der Waals surface area contributed by atoms with Gasteiger partial charge in [0.15, 0.2) is 5.13 Å². The number of hydrogen-bond donors (Lipinski definition) is 2. The highest BCUT2D eigenvalue weighted by Gasteiger charge is 2.17. The Labute approximate surface area is 204 Å². The number of nitrogens with one attached hydrogen (secondary N) is 2. The lowest BCUT2D eigenvalue weighted by atomic mass is 10.1. The SMILES string of the molecule is CC1CN(CCNc2nc3sc(C(=O)Nc4ccc(-c5ccc(F)cn5)cc4)cc3s2)CCO1. The number of fused-ring (bicyclic) bond motifs is 1. The van der Waals surface area contributed by atoms with Gasteiger partial charge in [0.2, 0.25) is 0 Å². The lowest BCUT2D eigenvalue weighted by molar-refractivity contribution is -0.0166. The first-order valence-electron chi connectivity index (χ1n) is 11.0. The van der Waals surface area contributed by atoms with Crippen molar-refractivity contribution in [1.29, 1.82) is 0 Å². The van der Waals surface area contributed by atoms with Gasteiger partial charge in [-0.2, -0.15) is 0 Å². The quantitative estimate of drug-likeness (QED) is 0.376. The molecule has 0 radical (unpaired) electrons. The summed E-state index contributed by atoms with van der Waals surface area (Å²) in [5.41, 5.74) is 2.20. The Morgan fingerprint density at radius 3 is 2.82 bits per heavy atom. The molecule has 5 rings (SSSR count). The van der Waals surface area contributed by atoms with Crippen molar-refractivity contribution in [2.75, 3.05) is 43.4 Å². The van der Waals surface area contributed by atoms with E-state index in [4.69, 9.17) is 4.74 Å². The number of pyridine rings is 1. The van der Waals surface area contributed by atoms with Crippen molar-refractivity contribution in [3.05, 3.63) is 59.4 Å². The number of benzene rings is 1. The van der Waals surface area contributed by atoms with E-state index in [0.717, 1.165) is 53.0 Å². The molecular weight excluding hydrogens is 473 g/mol. The summed E-state index contributed by atoms with van der Waals surface area (Å²) in [6.07, 6.45) is 1.47. The normalized spacial score (nSPS) is 16.6. The van der Waals surface area contributed by atoms with Gasteiger partial charge in [-0.1, -0.05) is 23.5 Å². The summed E-state index contributed by atoms with van der Waals surface area (Å²) >= 11 is 2.94. The van der Waals surface area contributed by atoms with Gasteiger partial charge in [-0.3, -0.25) is 14.7 Å². The van der Waals surface area contributed by atoms with Crippen molar-refractivity contribution in [3.63, 3.8) is 0 Å². The molecule has 34 heavy (non-hydrogen) atoms. The van der Waals surface area contributed by atoms with Crippen LogP contribution in [0.2, 0.25) is 0 Å². The highest BCUT2D eigenvalue weighted by molar-refractivity contribution is 7.29. The van der Waals surface area contributed by atoms with E-state index in [0.29, 0.717) is 16.3 Å². The van der Waals surface area contributed by atoms with Crippen LogP contribution in [0.25, 0.3) is 20.8 Å². The lowest BCUT2D eigenvalue weighted by Gasteiger charge is -2.30. The number of amides is 1.